The number of anilines is 1. The number of benzene rings is 2. The Balaban J connectivity index is 1.58. The highest BCUT2D eigenvalue weighted by molar-refractivity contribution is 9.10. The molecule has 0 bridgehead atoms. The first-order valence-electron chi connectivity index (χ1n) is 6.66. The van der Waals surface area contributed by atoms with Gasteiger partial charge >= 0.3 is 0 Å². The van der Waals surface area contributed by atoms with Gasteiger partial charge in [-0.25, -0.2) is 4.39 Å². The largest absolute Gasteiger partial charge is 0.493 e. The van der Waals surface area contributed by atoms with Crippen molar-refractivity contribution in [1.29, 1.82) is 0 Å². The smallest absolute Gasteiger partial charge is 0.139 e. The minimum atomic E-state index is -0.246. The van der Waals surface area contributed by atoms with E-state index in [1.165, 1.54) is 17.2 Å². The molecule has 1 aliphatic rings. The minimum absolute atomic E-state index is 0.246. The number of halogens is 2. The topological polar surface area (TPSA) is 21.3 Å². The number of rotatable bonds is 4. The number of hydrogen-bond donors (Lipinski definition) is 1. The Labute approximate surface area is 126 Å². The van der Waals surface area contributed by atoms with E-state index in [1.807, 2.05) is 12.1 Å². The lowest BCUT2D eigenvalue weighted by atomic mass is 10.1. The third kappa shape index (κ3) is 2.96. The summed E-state index contributed by atoms with van der Waals surface area (Å²) < 4.78 is 19.4. The van der Waals surface area contributed by atoms with E-state index in [-0.39, 0.29) is 5.82 Å². The van der Waals surface area contributed by atoms with E-state index >= 15 is 0 Å². The molecule has 4 heteroatoms. The molecule has 0 saturated carbocycles. The summed E-state index contributed by atoms with van der Waals surface area (Å²) in [4.78, 5) is 0. The molecule has 3 rings (SSSR count). The molecule has 0 amide bonds. The Kier molecular flexibility index (Phi) is 3.92. The third-order valence-corrected chi connectivity index (χ3v) is 4.06. The van der Waals surface area contributed by atoms with Gasteiger partial charge in [-0.3, -0.25) is 0 Å². The van der Waals surface area contributed by atoms with Crippen molar-refractivity contribution in [3.05, 3.63) is 57.8 Å². The highest BCUT2D eigenvalue weighted by Gasteiger charge is 2.11. The van der Waals surface area contributed by atoms with Crippen molar-refractivity contribution < 1.29 is 9.13 Å². The minimum Gasteiger partial charge on any atom is -0.493 e. The van der Waals surface area contributed by atoms with Gasteiger partial charge < -0.3 is 10.1 Å². The number of hydrogen-bond acceptors (Lipinski definition) is 2. The van der Waals surface area contributed by atoms with Crippen LogP contribution in [0.3, 0.4) is 0 Å². The van der Waals surface area contributed by atoms with Gasteiger partial charge in [-0.2, -0.15) is 0 Å². The average Bonchev–Trinajstić information content (AvgIpc) is 2.90. The van der Waals surface area contributed by atoms with Crippen molar-refractivity contribution in [2.45, 2.75) is 12.8 Å². The fourth-order valence-electron chi connectivity index (χ4n) is 2.35. The van der Waals surface area contributed by atoms with Gasteiger partial charge in [0, 0.05) is 18.7 Å². The Bertz CT molecular complexity index is 630. The molecule has 20 heavy (non-hydrogen) atoms. The van der Waals surface area contributed by atoms with Crippen LogP contribution in [0.25, 0.3) is 0 Å². The van der Waals surface area contributed by atoms with E-state index in [4.69, 9.17) is 4.74 Å². The number of ether oxygens (including phenoxy) is 1. The molecule has 0 spiro atoms. The molecule has 2 nitrogen and oxygen atoms in total. The number of fused-ring (bicyclic) bond motifs is 1. The fourth-order valence-corrected chi connectivity index (χ4v) is 2.60. The van der Waals surface area contributed by atoms with E-state index in [1.54, 1.807) is 6.07 Å². The van der Waals surface area contributed by atoms with E-state index in [9.17, 15) is 4.39 Å². The predicted octanol–water partition coefficient (Wildman–Crippen LogP) is 4.18. The zero-order valence-corrected chi connectivity index (χ0v) is 12.5. The summed E-state index contributed by atoms with van der Waals surface area (Å²) in [5.74, 6) is 0.765. The molecule has 0 atom stereocenters. The van der Waals surface area contributed by atoms with Crippen LogP contribution >= 0.6 is 15.9 Å². The standard InChI is InChI=1S/C16H15BrFNO/c17-14-3-2-13(10-15(14)18)19-7-5-11-1-4-16-12(9-11)6-8-20-16/h1-4,9-10,19H,5-8H2. The van der Waals surface area contributed by atoms with Gasteiger partial charge in [-0.05, 0) is 57.7 Å². The van der Waals surface area contributed by atoms with Crippen LogP contribution in [-0.2, 0) is 12.8 Å². The van der Waals surface area contributed by atoms with E-state index in [0.717, 1.165) is 37.4 Å². The molecule has 0 fully saturated rings. The lowest BCUT2D eigenvalue weighted by Crippen LogP contribution is -2.05. The third-order valence-electron chi connectivity index (χ3n) is 3.42. The molecule has 0 aliphatic carbocycles. The quantitative estimate of drug-likeness (QED) is 0.905. The normalized spacial score (nSPS) is 12.9. The molecule has 1 aliphatic heterocycles. The maximum absolute atomic E-state index is 13.4. The van der Waals surface area contributed by atoms with Crippen LogP contribution < -0.4 is 10.1 Å². The van der Waals surface area contributed by atoms with Crippen molar-refractivity contribution in [3.63, 3.8) is 0 Å². The average molecular weight is 336 g/mol. The van der Waals surface area contributed by atoms with Crippen molar-refractivity contribution >= 4 is 21.6 Å². The Morgan fingerprint density at radius 3 is 2.95 bits per heavy atom. The van der Waals surface area contributed by atoms with Crippen LogP contribution in [0.2, 0.25) is 0 Å². The zero-order chi connectivity index (χ0) is 13.9. The molecule has 0 saturated heterocycles. The van der Waals surface area contributed by atoms with Crippen LogP contribution in [0.15, 0.2) is 40.9 Å². The molecule has 0 aromatic heterocycles. The van der Waals surface area contributed by atoms with Crippen LogP contribution in [0, 0.1) is 5.82 Å². The lowest BCUT2D eigenvalue weighted by Gasteiger charge is -2.08. The molecule has 2 aromatic carbocycles. The first-order valence-corrected chi connectivity index (χ1v) is 7.45. The van der Waals surface area contributed by atoms with Crippen LogP contribution in [0.1, 0.15) is 11.1 Å². The summed E-state index contributed by atoms with van der Waals surface area (Å²) in [6.07, 6.45) is 1.90. The summed E-state index contributed by atoms with van der Waals surface area (Å²) in [5, 5.41) is 3.24. The lowest BCUT2D eigenvalue weighted by molar-refractivity contribution is 0.357. The molecule has 0 radical (unpaired) electrons. The van der Waals surface area contributed by atoms with Gasteiger partial charge in [0.05, 0.1) is 11.1 Å². The highest BCUT2D eigenvalue weighted by Crippen LogP contribution is 2.26. The summed E-state index contributed by atoms with van der Waals surface area (Å²) >= 11 is 3.15. The predicted molar refractivity (Wildman–Crippen MR) is 81.9 cm³/mol. The molecule has 1 heterocycles. The molecule has 1 N–H and O–H groups in total. The van der Waals surface area contributed by atoms with E-state index in [0.29, 0.717) is 4.47 Å². The second-order valence-electron chi connectivity index (χ2n) is 4.85. The first-order chi connectivity index (χ1) is 9.72. The Morgan fingerprint density at radius 2 is 2.10 bits per heavy atom. The van der Waals surface area contributed by atoms with Crippen molar-refractivity contribution in [3.8, 4) is 5.75 Å². The fraction of sp³-hybridized carbons (Fsp3) is 0.250. The second kappa shape index (κ2) is 5.83. The maximum Gasteiger partial charge on any atom is 0.139 e. The van der Waals surface area contributed by atoms with Gasteiger partial charge in [0.2, 0.25) is 0 Å². The summed E-state index contributed by atoms with van der Waals surface area (Å²) in [6, 6.07) is 11.4. The monoisotopic (exact) mass is 335 g/mol. The second-order valence-corrected chi connectivity index (χ2v) is 5.70. The van der Waals surface area contributed by atoms with Crippen LogP contribution in [0.4, 0.5) is 10.1 Å². The van der Waals surface area contributed by atoms with Crippen molar-refractivity contribution in [2.75, 3.05) is 18.5 Å². The van der Waals surface area contributed by atoms with E-state index < -0.39 is 0 Å². The Hall–Kier alpha value is -1.55. The van der Waals surface area contributed by atoms with Gasteiger partial charge in [0.15, 0.2) is 0 Å². The Morgan fingerprint density at radius 1 is 1.20 bits per heavy atom. The summed E-state index contributed by atoms with van der Waals surface area (Å²) in [6.45, 7) is 1.57. The van der Waals surface area contributed by atoms with Crippen LogP contribution in [0.5, 0.6) is 5.75 Å². The molecular formula is C16H15BrFNO. The van der Waals surface area contributed by atoms with E-state index in [2.05, 4.69) is 33.4 Å². The zero-order valence-electron chi connectivity index (χ0n) is 11.0. The van der Waals surface area contributed by atoms with Crippen molar-refractivity contribution in [1.82, 2.24) is 0 Å². The first kappa shape index (κ1) is 13.4. The summed E-state index contributed by atoms with van der Waals surface area (Å²) in [7, 11) is 0. The maximum atomic E-state index is 13.4. The summed E-state index contributed by atoms with van der Waals surface area (Å²) in [5.41, 5.74) is 3.37. The number of nitrogens with one attached hydrogen (secondary N) is 1. The van der Waals surface area contributed by atoms with Gasteiger partial charge in [0.25, 0.3) is 0 Å². The highest BCUT2D eigenvalue weighted by atomic mass is 79.9. The SMILES string of the molecule is Fc1cc(NCCc2ccc3c(c2)CCO3)ccc1Br. The van der Waals surface area contributed by atoms with Crippen molar-refractivity contribution in [2.24, 2.45) is 0 Å². The molecule has 2 aromatic rings. The van der Waals surface area contributed by atoms with Crippen LogP contribution in [-0.4, -0.2) is 13.2 Å². The molecule has 0 unspecified atom stereocenters. The van der Waals surface area contributed by atoms with Gasteiger partial charge in [-0.15, -0.1) is 0 Å². The van der Waals surface area contributed by atoms with Gasteiger partial charge in [0.1, 0.15) is 11.6 Å². The molecular weight excluding hydrogens is 321 g/mol. The van der Waals surface area contributed by atoms with Gasteiger partial charge in [-0.1, -0.05) is 12.1 Å². The molecule has 104 valence electrons.